The summed E-state index contributed by atoms with van der Waals surface area (Å²) < 4.78 is 5.38. The maximum atomic E-state index is 5.38. The second-order valence-corrected chi connectivity index (χ2v) is 7.07. The van der Waals surface area contributed by atoms with E-state index in [0.717, 1.165) is 12.0 Å². The van der Waals surface area contributed by atoms with Crippen LogP contribution < -0.4 is 0 Å². The third-order valence-electron chi connectivity index (χ3n) is 5.65. The van der Waals surface area contributed by atoms with Crippen molar-refractivity contribution in [3.63, 3.8) is 0 Å². The summed E-state index contributed by atoms with van der Waals surface area (Å²) >= 11 is 0. The van der Waals surface area contributed by atoms with Crippen LogP contribution in [0.2, 0.25) is 0 Å². The molecule has 1 saturated carbocycles. The van der Waals surface area contributed by atoms with Crippen molar-refractivity contribution in [3.8, 4) is 0 Å². The fraction of sp³-hybridized carbons (Fsp3) is 1.00. The SMILES string of the molecule is COC1CC(CN2CCN(C3CCN(C)CC3)CC2)C1. The number of piperidine rings is 1. The Labute approximate surface area is 124 Å². The second-order valence-electron chi connectivity index (χ2n) is 7.07. The van der Waals surface area contributed by atoms with Crippen molar-refractivity contribution in [2.75, 3.05) is 60.0 Å². The molecule has 0 unspecified atom stereocenters. The summed E-state index contributed by atoms with van der Waals surface area (Å²) in [6.07, 6.45) is 5.86. The molecular formula is C16H31N3O. The molecule has 3 fully saturated rings. The van der Waals surface area contributed by atoms with Gasteiger partial charge in [-0.05, 0) is 51.7 Å². The molecule has 0 aromatic rings. The van der Waals surface area contributed by atoms with Gasteiger partial charge in [0.05, 0.1) is 6.10 Å². The Morgan fingerprint density at radius 2 is 1.60 bits per heavy atom. The van der Waals surface area contributed by atoms with Crippen LogP contribution in [0.4, 0.5) is 0 Å². The number of hydrogen-bond donors (Lipinski definition) is 0. The molecule has 0 aromatic carbocycles. The largest absolute Gasteiger partial charge is 0.381 e. The number of ether oxygens (including phenoxy) is 1. The predicted octanol–water partition coefficient (Wildman–Crippen LogP) is 1.12. The number of methoxy groups -OCH3 is 1. The minimum absolute atomic E-state index is 0.556. The zero-order chi connectivity index (χ0) is 13.9. The van der Waals surface area contributed by atoms with Crippen molar-refractivity contribution >= 4 is 0 Å². The molecule has 2 saturated heterocycles. The lowest BCUT2D eigenvalue weighted by Crippen LogP contribution is -2.54. The number of hydrogen-bond acceptors (Lipinski definition) is 4. The van der Waals surface area contributed by atoms with Gasteiger partial charge in [-0.1, -0.05) is 0 Å². The highest BCUT2D eigenvalue weighted by molar-refractivity contribution is 4.86. The van der Waals surface area contributed by atoms with Crippen LogP contribution in [0.5, 0.6) is 0 Å². The molecule has 2 aliphatic heterocycles. The summed E-state index contributed by atoms with van der Waals surface area (Å²) in [4.78, 5) is 7.90. The molecule has 0 radical (unpaired) electrons. The van der Waals surface area contributed by atoms with E-state index in [9.17, 15) is 0 Å². The minimum atomic E-state index is 0.556. The standard InChI is InChI=1S/C16H31N3O/c1-17-5-3-15(4-6-17)19-9-7-18(8-10-19)13-14-11-16(12-14)20-2/h14-16H,3-13H2,1-2H3. The van der Waals surface area contributed by atoms with Gasteiger partial charge in [0, 0.05) is 45.9 Å². The Hall–Kier alpha value is -0.160. The quantitative estimate of drug-likeness (QED) is 0.769. The van der Waals surface area contributed by atoms with E-state index in [4.69, 9.17) is 4.74 Å². The zero-order valence-corrected chi connectivity index (χ0v) is 13.3. The molecule has 2 heterocycles. The summed E-state index contributed by atoms with van der Waals surface area (Å²) in [5.41, 5.74) is 0. The molecule has 0 N–H and O–H groups in total. The highest BCUT2D eigenvalue weighted by atomic mass is 16.5. The van der Waals surface area contributed by atoms with Gasteiger partial charge in [-0.3, -0.25) is 4.90 Å². The molecule has 0 amide bonds. The first-order valence-electron chi connectivity index (χ1n) is 8.42. The number of piperazine rings is 1. The van der Waals surface area contributed by atoms with Gasteiger partial charge in [-0.15, -0.1) is 0 Å². The van der Waals surface area contributed by atoms with Gasteiger partial charge in [0.1, 0.15) is 0 Å². The Morgan fingerprint density at radius 1 is 0.950 bits per heavy atom. The van der Waals surface area contributed by atoms with E-state index in [2.05, 4.69) is 21.7 Å². The van der Waals surface area contributed by atoms with Gasteiger partial charge in [-0.2, -0.15) is 0 Å². The first kappa shape index (κ1) is 14.8. The van der Waals surface area contributed by atoms with Crippen molar-refractivity contribution < 1.29 is 4.74 Å². The normalized spacial score (nSPS) is 35.1. The topological polar surface area (TPSA) is 19.0 Å². The van der Waals surface area contributed by atoms with E-state index in [1.54, 1.807) is 0 Å². The van der Waals surface area contributed by atoms with Gasteiger partial charge in [0.25, 0.3) is 0 Å². The third kappa shape index (κ3) is 3.53. The average molecular weight is 281 g/mol. The van der Waals surface area contributed by atoms with Crippen LogP contribution in [0.1, 0.15) is 25.7 Å². The maximum absolute atomic E-state index is 5.38. The second kappa shape index (κ2) is 6.73. The number of rotatable bonds is 4. The molecule has 20 heavy (non-hydrogen) atoms. The first-order chi connectivity index (χ1) is 9.74. The van der Waals surface area contributed by atoms with Crippen LogP contribution >= 0.6 is 0 Å². The van der Waals surface area contributed by atoms with Crippen molar-refractivity contribution in [3.05, 3.63) is 0 Å². The summed E-state index contributed by atoms with van der Waals surface area (Å²) in [5, 5.41) is 0. The lowest BCUT2D eigenvalue weighted by atomic mass is 9.82. The fourth-order valence-electron chi connectivity index (χ4n) is 4.05. The predicted molar refractivity (Wildman–Crippen MR) is 82.1 cm³/mol. The van der Waals surface area contributed by atoms with Crippen LogP contribution in [0.3, 0.4) is 0 Å². The van der Waals surface area contributed by atoms with E-state index in [0.29, 0.717) is 6.10 Å². The monoisotopic (exact) mass is 281 g/mol. The van der Waals surface area contributed by atoms with Gasteiger partial charge in [0.2, 0.25) is 0 Å². The van der Waals surface area contributed by atoms with Crippen LogP contribution in [0.15, 0.2) is 0 Å². The number of nitrogens with zero attached hydrogens (tertiary/aromatic N) is 3. The van der Waals surface area contributed by atoms with E-state index >= 15 is 0 Å². The van der Waals surface area contributed by atoms with Crippen molar-refractivity contribution in [1.29, 1.82) is 0 Å². The molecule has 0 spiro atoms. The van der Waals surface area contributed by atoms with Crippen LogP contribution in [0.25, 0.3) is 0 Å². The molecule has 0 atom stereocenters. The van der Waals surface area contributed by atoms with Gasteiger partial charge in [-0.25, -0.2) is 0 Å². The first-order valence-corrected chi connectivity index (χ1v) is 8.42. The van der Waals surface area contributed by atoms with Crippen molar-refractivity contribution in [2.24, 2.45) is 5.92 Å². The van der Waals surface area contributed by atoms with Crippen LogP contribution in [-0.2, 0) is 4.74 Å². The fourth-order valence-corrected chi connectivity index (χ4v) is 4.05. The molecule has 1 aliphatic carbocycles. The summed E-state index contributed by atoms with van der Waals surface area (Å²) in [7, 11) is 4.10. The zero-order valence-electron chi connectivity index (χ0n) is 13.3. The van der Waals surface area contributed by atoms with E-state index < -0.39 is 0 Å². The Balaban J connectivity index is 1.35. The lowest BCUT2D eigenvalue weighted by molar-refractivity contribution is -0.0193. The molecule has 4 nitrogen and oxygen atoms in total. The molecule has 4 heteroatoms. The van der Waals surface area contributed by atoms with E-state index in [1.165, 1.54) is 71.5 Å². The molecule has 3 aliphatic rings. The molecule has 0 aromatic heterocycles. The number of likely N-dealkylation sites (tertiary alicyclic amines) is 1. The van der Waals surface area contributed by atoms with Gasteiger partial charge >= 0.3 is 0 Å². The van der Waals surface area contributed by atoms with Crippen LogP contribution in [0, 0.1) is 5.92 Å². The molecule has 116 valence electrons. The van der Waals surface area contributed by atoms with Crippen molar-refractivity contribution in [1.82, 2.24) is 14.7 Å². The molecular weight excluding hydrogens is 250 g/mol. The van der Waals surface area contributed by atoms with Crippen molar-refractivity contribution in [2.45, 2.75) is 37.8 Å². The maximum Gasteiger partial charge on any atom is 0.0577 e. The Bertz CT molecular complexity index is 290. The Kier molecular flexibility index (Phi) is 4.97. The van der Waals surface area contributed by atoms with Gasteiger partial charge < -0.3 is 14.5 Å². The smallest absolute Gasteiger partial charge is 0.0577 e. The third-order valence-corrected chi connectivity index (χ3v) is 5.65. The highest BCUT2D eigenvalue weighted by Gasteiger charge is 2.32. The van der Waals surface area contributed by atoms with Gasteiger partial charge in [0.15, 0.2) is 0 Å². The summed E-state index contributed by atoms with van der Waals surface area (Å²) in [5.74, 6) is 0.898. The Morgan fingerprint density at radius 3 is 2.20 bits per heavy atom. The lowest BCUT2D eigenvalue weighted by Gasteiger charge is -2.44. The molecule has 3 rings (SSSR count). The minimum Gasteiger partial charge on any atom is -0.381 e. The van der Waals surface area contributed by atoms with E-state index in [1.807, 2.05) is 7.11 Å². The summed E-state index contributed by atoms with van der Waals surface area (Å²) in [6.45, 7) is 9.00. The average Bonchev–Trinajstić information content (AvgIpc) is 2.44. The highest BCUT2D eigenvalue weighted by Crippen LogP contribution is 2.30. The summed E-state index contributed by atoms with van der Waals surface area (Å²) in [6, 6.07) is 0.856. The van der Waals surface area contributed by atoms with Crippen LogP contribution in [-0.4, -0.2) is 86.8 Å². The van der Waals surface area contributed by atoms with E-state index in [-0.39, 0.29) is 0 Å². The molecule has 0 bridgehead atoms.